The van der Waals surface area contributed by atoms with Crippen molar-refractivity contribution in [2.24, 2.45) is 11.8 Å². The largest absolute Gasteiger partial charge is 0.447 e. The van der Waals surface area contributed by atoms with Gasteiger partial charge in [-0.25, -0.2) is 22.8 Å². The topological polar surface area (TPSA) is 92.8 Å². The van der Waals surface area contributed by atoms with Gasteiger partial charge in [-0.05, 0) is 61.8 Å². The van der Waals surface area contributed by atoms with Gasteiger partial charge in [0.15, 0.2) is 0 Å². The Morgan fingerprint density at radius 2 is 1.69 bits per heavy atom. The van der Waals surface area contributed by atoms with Crippen molar-refractivity contribution in [3.05, 3.63) is 29.8 Å². The van der Waals surface area contributed by atoms with Crippen LogP contribution in [-0.4, -0.2) is 44.5 Å². The first-order chi connectivity index (χ1) is 14.8. The molecule has 2 amide bonds. The van der Waals surface area contributed by atoms with Gasteiger partial charge in [-0.3, -0.25) is 4.79 Å². The Balaban J connectivity index is 0.000000278. The SMILES string of the molecule is CC(C)C1COC(=O)N1C=O.CC1CCC(NS(=O)(=O)c2ccc(C(F)(F)F)cc2)CC1. The zero-order valence-corrected chi connectivity index (χ0v) is 19.1. The predicted molar refractivity (Wildman–Crippen MR) is 111 cm³/mol. The number of sulfonamides is 1. The molecular formula is C21H29F3N2O5S. The molecule has 1 saturated heterocycles. The molecule has 180 valence electrons. The van der Waals surface area contributed by atoms with Gasteiger partial charge in [0.05, 0.1) is 16.5 Å². The number of imide groups is 1. The second-order valence-corrected chi connectivity index (χ2v) is 10.2. The summed E-state index contributed by atoms with van der Waals surface area (Å²) in [6.45, 7) is 6.35. The summed E-state index contributed by atoms with van der Waals surface area (Å²) < 4.78 is 68.9. The van der Waals surface area contributed by atoms with Crippen LogP contribution in [0.2, 0.25) is 0 Å². The highest BCUT2D eigenvalue weighted by Gasteiger charge is 2.34. The zero-order valence-electron chi connectivity index (χ0n) is 18.3. The fourth-order valence-corrected chi connectivity index (χ4v) is 4.88. The van der Waals surface area contributed by atoms with Crippen LogP contribution < -0.4 is 4.72 Å². The Kier molecular flexibility index (Phi) is 8.69. The number of carbonyl (C=O) groups is 2. The third kappa shape index (κ3) is 6.93. The van der Waals surface area contributed by atoms with E-state index in [4.69, 9.17) is 0 Å². The smallest absolute Gasteiger partial charge is 0.416 e. The summed E-state index contributed by atoms with van der Waals surface area (Å²) in [5.74, 6) is 0.850. The van der Waals surface area contributed by atoms with E-state index >= 15 is 0 Å². The van der Waals surface area contributed by atoms with Gasteiger partial charge < -0.3 is 4.74 Å². The van der Waals surface area contributed by atoms with Crippen LogP contribution in [0.5, 0.6) is 0 Å². The number of benzene rings is 1. The molecule has 0 bridgehead atoms. The van der Waals surface area contributed by atoms with Crippen LogP contribution in [0.25, 0.3) is 0 Å². The highest BCUT2D eigenvalue weighted by molar-refractivity contribution is 7.89. The van der Waals surface area contributed by atoms with Crippen LogP contribution in [0.3, 0.4) is 0 Å². The van der Waals surface area contributed by atoms with Crippen molar-refractivity contribution < 1.29 is 35.9 Å². The first-order valence-corrected chi connectivity index (χ1v) is 11.9. The maximum Gasteiger partial charge on any atom is 0.416 e. The lowest BCUT2D eigenvalue weighted by Gasteiger charge is -2.26. The van der Waals surface area contributed by atoms with Crippen molar-refractivity contribution in [3.63, 3.8) is 0 Å². The third-order valence-corrected chi connectivity index (χ3v) is 7.19. The Morgan fingerprint density at radius 1 is 1.12 bits per heavy atom. The molecule has 7 nitrogen and oxygen atoms in total. The van der Waals surface area contributed by atoms with Gasteiger partial charge in [-0.15, -0.1) is 0 Å². The van der Waals surface area contributed by atoms with Crippen LogP contribution in [0, 0.1) is 11.8 Å². The number of nitrogens with one attached hydrogen (secondary N) is 1. The van der Waals surface area contributed by atoms with Crippen LogP contribution in [0.4, 0.5) is 18.0 Å². The normalized spacial score (nSPS) is 24.0. The second kappa shape index (κ2) is 10.7. The predicted octanol–water partition coefficient (Wildman–Crippen LogP) is 4.18. The molecule has 1 atom stereocenters. The number of nitrogens with zero attached hydrogens (tertiary/aromatic N) is 1. The van der Waals surface area contributed by atoms with Crippen molar-refractivity contribution in [3.8, 4) is 0 Å². The molecule has 1 unspecified atom stereocenters. The average Bonchev–Trinajstić information content (AvgIpc) is 3.10. The highest BCUT2D eigenvalue weighted by Crippen LogP contribution is 2.30. The summed E-state index contributed by atoms with van der Waals surface area (Å²) in [6.07, 6.45) is -1.02. The number of alkyl halides is 3. The summed E-state index contributed by atoms with van der Waals surface area (Å²) in [5.41, 5.74) is -0.854. The van der Waals surface area contributed by atoms with Crippen molar-refractivity contribution in [2.45, 2.75) is 69.6 Å². The van der Waals surface area contributed by atoms with E-state index in [1.807, 2.05) is 13.8 Å². The van der Waals surface area contributed by atoms with Crippen molar-refractivity contribution in [2.75, 3.05) is 6.61 Å². The van der Waals surface area contributed by atoms with E-state index in [1.165, 1.54) is 0 Å². The molecule has 2 fully saturated rings. The molecule has 0 aromatic heterocycles. The Labute approximate surface area is 186 Å². The van der Waals surface area contributed by atoms with Gasteiger partial charge in [0.25, 0.3) is 0 Å². The molecular weight excluding hydrogens is 449 g/mol. The van der Waals surface area contributed by atoms with E-state index in [0.717, 1.165) is 54.8 Å². The molecule has 2 aliphatic rings. The molecule has 1 N–H and O–H groups in total. The molecule has 32 heavy (non-hydrogen) atoms. The number of hydrogen-bond donors (Lipinski definition) is 1. The van der Waals surface area contributed by atoms with E-state index in [1.54, 1.807) is 0 Å². The lowest BCUT2D eigenvalue weighted by Crippen LogP contribution is -2.37. The van der Waals surface area contributed by atoms with E-state index in [2.05, 4.69) is 16.4 Å². The standard InChI is InChI=1S/C14H18F3NO2S.C7H11NO3/c1-10-2-6-12(7-3-10)18-21(19,20)13-8-4-11(5-9-13)14(15,16)17;1-5(2)6-3-11-7(10)8(6)4-9/h4-5,8-10,12,18H,2-3,6-7H2,1H3;4-6H,3H2,1-2H3. The van der Waals surface area contributed by atoms with Gasteiger partial charge in [0.2, 0.25) is 16.4 Å². The zero-order chi connectivity index (χ0) is 24.1. The number of halogens is 3. The van der Waals surface area contributed by atoms with Crippen LogP contribution in [0.15, 0.2) is 29.2 Å². The maximum atomic E-state index is 12.5. The van der Waals surface area contributed by atoms with Crippen molar-refractivity contribution in [1.82, 2.24) is 9.62 Å². The quantitative estimate of drug-likeness (QED) is 0.641. The van der Waals surface area contributed by atoms with Gasteiger partial charge in [-0.1, -0.05) is 20.8 Å². The maximum absolute atomic E-state index is 12.5. The van der Waals surface area contributed by atoms with E-state index in [-0.39, 0.29) is 22.9 Å². The minimum Gasteiger partial charge on any atom is -0.447 e. The molecule has 0 spiro atoms. The molecule has 0 radical (unpaired) electrons. The van der Waals surface area contributed by atoms with Crippen LogP contribution in [0.1, 0.15) is 52.0 Å². The number of cyclic esters (lactones) is 1. The highest BCUT2D eigenvalue weighted by atomic mass is 32.2. The average molecular weight is 479 g/mol. The summed E-state index contributed by atoms with van der Waals surface area (Å²) in [5, 5.41) is 0. The molecule has 1 saturated carbocycles. The molecule has 1 aromatic rings. The molecule has 3 rings (SSSR count). The van der Waals surface area contributed by atoms with Crippen LogP contribution >= 0.6 is 0 Å². The Morgan fingerprint density at radius 3 is 2.12 bits per heavy atom. The Hall–Kier alpha value is -2.14. The molecule has 1 aliphatic heterocycles. The Bertz CT molecular complexity index is 880. The van der Waals surface area contributed by atoms with E-state index < -0.39 is 27.9 Å². The molecule has 1 aliphatic carbocycles. The first-order valence-electron chi connectivity index (χ1n) is 10.4. The van der Waals surface area contributed by atoms with Gasteiger partial charge >= 0.3 is 12.3 Å². The number of hydrogen-bond acceptors (Lipinski definition) is 5. The first kappa shape index (κ1) is 26.1. The fourth-order valence-electron chi connectivity index (χ4n) is 3.57. The van der Waals surface area contributed by atoms with E-state index in [0.29, 0.717) is 18.9 Å². The number of amides is 2. The monoisotopic (exact) mass is 478 g/mol. The minimum atomic E-state index is -4.46. The molecule has 1 aromatic carbocycles. The lowest BCUT2D eigenvalue weighted by atomic mass is 9.88. The fraction of sp³-hybridized carbons (Fsp3) is 0.619. The van der Waals surface area contributed by atoms with E-state index in [9.17, 15) is 31.2 Å². The van der Waals surface area contributed by atoms with Crippen molar-refractivity contribution in [1.29, 1.82) is 0 Å². The molecule has 11 heteroatoms. The van der Waals surface area contributed by atoms with Crippen molar-refractivity contribution >= 4 is 22.5 Å². The summed E-state index contributed by atoms with van der Waals surface area (Å²) in [4.78, 5) is 22.1. The third-order valence-electron chi connectivity index (χ3n) is 5.66. The van der Waals surface area contributed by atoms with Gasteiger partial charge in [0.1, 0.15) is 6.61 Å². The summed E-state index contributed by atoms with van der Waals surface area (Å²) in [7, 11) is -3.76. The van der Waals surface area contributed by atoms with Gasteiger partial charge in [0, 0.05) is 6.04 Å². The van der Waals surface area contributed by atoms with Gasteiger partial charge in [-0.2, -0.15) is 13.2 Å². The van der Waals surface area contributed by atoms with Crippen LogP contribution in [-0.2, 0) is 25.7 Å². The lowest BCUT2D eigenvalue weighted by molar-refractivity contribution is -0.137. The minimum absolute atomic E-state index is 0.0833. The summed E-state index contributed by atoms with van der Waals surface area (Å²) >= 11 is 0. The number of rotatable bonds is 5. The molecule has 1 heterocycles. The number of ether oxygens (including phenoxy) is 1. The summed E-state index contributed by atoms with van der Waals surface area (Å²) in [6, 6.07) is 3.36. The second-order valence-electron chi connectivity index (χ2n) is 8.50. The number of carbonyl (C=O) groups excluding carboxylic acids is 2.